The normalized spacial score (nSPS) is 13.0. The van der Waals surface area contributed by atoms with Crippen LogP contribution in [0.2, 0.25) is 0 Å². The van der Waals surface area contributed by atoms with E-state index in [0.717, 1.165) is 5.56 Å². The first-order chi connectivity index (χ1) is 8.80. The molecule has 0 spiro atoms. The average molecular weight is 285 g/mol. The van der Waals surface area contributed by atoms with Gasteiger partial charge >= 0.3 is 0 Å². The first kappa shape index (κ1) is 15.6. The summed E-state index contributed by atoms with van der Waals surface area (Å²) in [6.07, 6.45) is 0. The summed E-state index contributed by atoms with van der Waals surface area (Å²) in [5, 5.41) is 10.9. The predicted molar refractivity (Wildman–Crippen MR) is 72.9 cm³/mol. The number of benzene rings is 1. The molecule has 0 aliphatic carbocycles. The van der Waals surface area contributed by atoms with Gasteiger partial charge in [0.15, 0.2) is 0 Å². The van der Waals surface area contributed by atoms with Crippen molar-refractivity contribution in [2.45, 2.75) is 24.8 Å². The molecule has 0 saturated heterocycles. The Bertz CT molecular complexity index is 543. The Morgan fingerprint density at radius 3 is 2.63 bits per heavy atom. The standard InChI is InChI=1S/C12H19N3O3S/c1-9(14-6-7-15-10(2)16)11-4-3-5-12(8-11)19(13,17)18/h3-5,8-9,14H,6-7H2,1-2H3,(H,15,16)(H2,13,17,18). The SMILES string of the molecule is CC(=O)NCCNC(C)c1cccc(S(N)(=O)=O)c1. The molecule has 0 aliphatic rings. The van der Waals surface area contributed by atoms with Crippen LogP contribution in [0.25, 0.3) is 0 Å². The minimum Gasteiger partial charge on any atom is -0.355 e. The van der Waals surface area contributed by atoms with Crippen molar-refractivity contribution in [3.05, 3.63) is 29.8 Å². The molecule has 19 heavy (non-hydrogen) atoms. The third-order valence-electron chi connectivity index (χ3n) is 2.64. The molecule has 0 saturated carbocycles. The largest absolute Gasteiger partial charge is 0.355 e. The van der Waals surface area contributed by atoms with Crippen molar-refractivity contribution in [2.75, 3.05) is 13.1 Å². The molecule has 1 atom stereocenters. The fraction of sp³-hybridized carbons (Fsp3) is 0.417. The van der Waals surface area contributed by atoms with Crippen LogP contribution in [0, 0.1) is 0 Å². The van der Waals surface area contributed by atoms with Gasteiger partial charge in [-0.15, -0.1) is 0 Å². The smallest absolute Gasteiger partial charge is 0.238 e. The lowest BCUT2D eigenvalue weighted by atomic mass is 10.1. The Morgan fingerprint density at radius 1 is 1.37 bits per heavy atom. The molecule has 0 heterocycles. The van der Waals surface area contributed by atoms with Gasteiger partial charge < -0.3 is 10.6 Å². The lowest BCUT2D eigenvalue weighted by Crippen LogP contribution is -2.31. The number of nitrogens with one attached hydrogen (secondary N) is 2. The van der Waals surface area contributed by atoms with Gasteiger partial charge in [0.2, 0.25) is 15.9 Å². The van der Waals surface area contributed by atoms with E-state index in [9.17, 15) is 13.2 Å². The highest BCUT2D eigenvalue weighted by Gasteiger charge is 2.11. The van der Waals surface area contributed by atoms with Crippen LogP contribution in [0.1, 0.15) is 25.5 Å². The summed E-state index contributed by atoms with van der Waals surface area (Å²) >= 11 is 0. The Morgan fingerprint density at radius 2 is 2.05 bits per heavy atom. The van der Waals surface area contributed by atoms with E-state index in [1.807, 2.05) is 13.0 Å². The number of primary sulfonamides is 1. The number of hydrogen-bond donors (Lipinski definition) is 3. The van der Waals surface area contributed by atoms with Gasteiger partial charge in [0.25, 0.3) is 0 Å². The summed E-state index contributed by atoms with van der Waals surface area (Å²) in [7, 11) is -3.68. The zero-order chi connectivity index (χ0) is 14.5. The summed E-state index contributed by atoms with van der Waals surface area (Å²) in [5.41, 5.74) is 0.828. The molecule has 1 aromatic carbocycles. The molecule has 1 rings (SSSR count). The maximum absolute atomic E-state index is 11.3. The average Bonchev–Trinajstić information content (AvgIpc) is 2.33. The lowest BCUT2D eigenvalue weighted by Gasteiger charge is -2.15. The van der Waals surface area contributed by atoms with E-state index in [0.29, 0.717) is 13.1 Å². The Labute approximate surface area is 113 Å². The molecule has 1 amide bonds. The summed E-state index contributed by atoms with van der Waals surface area (Å²) < 4.78 is 22.5. The highest BCUT2D eigenvalue weighted by molar-refractivity contribution is 7.89. The van der Waals surface area contributed by atoms with Crippen LogP contribution in [0.3, 0.4) is 0 Å². The monoisotopic (exact) mass is 285 g/mol. The van der Waals surface area contributed by atoms with Gasteiger partial charge in [0, 0.05) is 26.1 Å². The van der Waals surface area contributed by atoms with Gasteiger partial charge in [-0.25, -0.2) is 13.6 Å². The van der Waals surface area contributed by atoms with Crippen LogP contribution < -0.4 is 15.8 Å². The summed E-state index contributed by atoms with van der Waals surface area (Å²) in [4.78, 5) is 10.8. The minimum absolute atomic E-state index is 0.0320. The number of rotatable bonds is 6. The summed E-state index contributed by atoms with van der Waals surface area (Å²) in [5.74, 6) is -0.0781. The van der Waals surface area contributed by atoms with Crippen molar-refractivity contribution in [3.8, 4) is 0 Å². The predicted octanol–water partition coefficient (Wildman–Crippen LogP) is 0.121. The van der Waals surface area contributed by atoms with E-state index in [4.69, 9.17) is 5.14 Å². The van der Waals surface area contributed by atoms with E-state index in [2.05, 4.69) is 10.6 Å². The Balaban J connectivity index is 2.62. The second-order valence-corrected chi connectivity index (χ2v) is 5.84. The first-order valence-electron chi connectivity index (χ1n) is 5.91. The van der Waals surface area contributed by atoms with Crippen LogP contribution in [0.5, 0.6) is 0 Å². The highest BCUT2D eigenvalue weighted by atomic mass is 32.2. The molecule has 1 aromatic rings. The topological polar surface area (TPSA) is 101 Å². The number of carbonyl (C=O) groups is 1. The van der Waals surface area contributed by atoms with E-state index >= 15 is 0 Å². The molecule has 0 radical (unpaired) electrons. The fourth-order valence-electron chi connectivity index (χ4n) is 1.61. The van der Waals surface area contributed by atoms with Crippen molar-refractivity contribution >= 4 is 15.9 Å². The highest BCUT2D eigenvalue weighted by Crippen LogP contribution is 2.16. The number of amides is 1. The van der Waals surface area contributed by atoms with E-state index in [1.54, 1.807) is 12.1 Å². The molecule has 7 heteroatoms. The molecule has 0 aromatic heterocycles. The Kier molecular flexibility index (Phi) is 5.46. The summed E-state index contributed by atoms with van der Waals surface area (Å²) in [6.45, 7) is 4.49. The second-order valence-electron chi connectivity index (χ2n) is 4.28. The number of hydrogen-bond acceptors (Lipinski definition) is 4. The third kappa shape index (κ3) is 5.37. The lowest BCUT2D eigenvalue weighted by molar-refractivity contribution is -0.118. The van der Waals surface area contributed by atoms with Crippen molar-refractivity contribution in [1.29, 1.82) is 0 Å². The molecular formula is C12H19N3O3S. The maximum Gasteiger partial charge on any atom is 0.238 e. The molecule has 6 nitrogen and oxygen atoms in total. The van der Waals surface area contributed by atoms with Gasteiger partial charge in [-0.2, -0.15) is 0 Å². The number of carbonyl (C=O) groups excluding carboxylic acids is 1. The van der Waals surface area contributed by atoms with Crippen LogP contribution in [0.4, 0.5) is 0 Å². The third-order valence-corrected chi connectivity index (χ3v) is 3.55. The summed E-state index contributed by atoms with van der Waals surface area (Å²) in [6, 6.07) is 6.45. The Hall–Kier alpha value is -1.44. The molecule has 0 aliphatic heterocycles. The van der Waals surface area contributed by atoms with Crippen LogP contribution in [-0.4, -0.2) is 27.4 Å². The molecule has 106 valence electrons. The van der Waals surface area contributed by atoms with E-state index in [1.165, 1.54) is 13.0 Å². The molecule has 1 unspecified atom stereocenters. The van der Waals surface area contributed by atoms with Gasteiger partial charge in [0.05, 0.1) is 4.90 Å². The number of nitrogens with two attached hydrogens (primary N) is 1. The zero-order valence-corrected chi connectivity index (χ0v) is 11.8. The van der Waals surface area contributed by atoms with Crippen molar-refractivity contribution in [2.24, 2.45) is 5.14 Å². The van der Waals surface area contributed by atoms with Gasteiger partial charge in [0.1, 0.15) is 0 Å². The number of sulfonamides is 1. The molecule has 0 fully saturated rings. The van der Waals surface area contributed by atoms with Gasteiger partial charge in [-0.3, -0.25) is 4.79 Å². The van der Waals surface area contributed by atoms with Crippen LogP contribution in [-0.2, 0) is 14.8 Å². The van der Waals surface area contributed by atoms with Crippen molar-refractivity contribution in [3.63, 3.8) is 0 Å². The van der Waals surface area contributed by atoms with Crippen molar-refractivity contribution < 1.29 is 13.2 Å². The maximum atomic E-state index is 11.3. The fourth-order valence-corrected chi connectivity index (χ4v) is 2.17. The van der Waals surface area contributed by atoms with Crippen LogP contribution >= 0.6 is 0 Å². The molecule has 0 bridgehead atoms. The minimum atomic E-state index is -3.68. The molecule has 4 N–H and O–H groups in total. The molecular weight excluding hydrogens is 266 g/mol. The van der Waals surface area contributed by atoms with Crippen molar-refractivity contribution in [1.82, 2.24) is 10.6 Å². The van der Waals surface area contributed by atoms with E-state index in [-0.39, 0.29) is 16.8 Å². The second kappa shape index (κ2) is 6.65. The first-order valence-corrected chi connectivity index (χ1v) is 7.46. The van der Waals surface area contributed by atoms with Gasteiger partial charge in [-0.1, -0.05) is 12.1 Å². The quantitative estimate of drug-likeness (QED) is 0.646. The van der Waals surface area contributed by atoms with Gasteiger partial charge in [-0.05, 0) is 24.6 Å². The van der Waals surface area contributed by atoms with Crippen LogP contribution in [0.15, 0.2) is 29.2 Å². The van der Waals surface area contributed by atoms with E-state index < -0.39 is 10.0 Å². The zero-order valence-electron chi connectivity index (χ0n) is 11.0.